The largest absolute Gasteiger partial charge is 0.336 e. The monoisotopic (exact) mass is 475 g/mol. The van der Waals surface area contributed by atoms with Gasteiger partial charge in [-0.3, -0.25) is 9.59 Å². The number of aromatic amines is 1. The Morgan fingerprint density at radius 3 is 2.34 bits per heavy atom. The van der Waals surface area contributed by atoms with Crippen LogP contribution in [0, 0.1) is 0 Å². The molecule has 29 heavy (non-hydrogen) atoms. The summed E-state index contributed by atoms with van der Waals surface area (Å²) in [4.78, 5) is 29.7. The first kappa shape index (κ1) is 19.8. The lowest BCUT2D eigenvalue weighted by Crippen LogP contribution is -2.51. The van der Waals surface area contributed by atoms with Gasteiger partial charge in [-0.2, -0.15) is 4.31 Å². The molecule has 0 atom stereocenters. The average Bonchev–Trinajstić information content (AvgIpc) is 2.73. The highest BCUT2D eigenvalue weighted by Gasteiger charge is 2.32. The lowest BCUT2D eigenvalue weighted by molar-refractivity contribution is 0.0696. The maximum absolute atomic E-state index is 12.9. The summed E-state index contributed by atoms with van der Waals surface area (Å²) >= 11 is 3.28. The number of H-pyrrole nitrogens is 1. The third-order valence-electron chi connectivity index (χ3n) is 4.96. The molecule has 4 rings (SSSR count). The van der Waals surface area contributed by atoms with E-state index < -0.39 is 21.5 Å². The van der Waals surface area contributed by atoms with Gasteiger partial charge in [-0.25, -0.2) is 8.42 Å². The van der Waals surface area contributed by atoms with E-state index in [-0.39, 0.29) is 36.6 Å². The van der Waals surface area contributed by atoms with Crippen molar-refractivity contribution in [1.29, 1.82) is 0 Å². The van der Waals surface area contributed by atoms with Crippen LogP contribution < -0.4 is 5.56 Å². The maximum atomic E-state index is 12.9. The zero-order valence-electron chi connectivity index (χ0n) is 15.3. The van der Waals surface area contributed by atoms with Crippen molar-refractivity contribution in [2.45, 2.75) is 4.90 Å². The van der Waals surface area contributed by atoms with Crippen LogP contribution in [0.2, 0.25) is 0 Å². The summed E-state index contributed by atoms with van der Waals surface area (Å²) < 4.78 is 27.6. The first-order valence-corrected chi connectivity index (χ1v) is 11.3. The van der Waals surface area contributed by atoms with Crippen molar-refractivity contribution in [3.05, 3.63) is 75.0 Å². The summed E-state index contributed by atoms with van der Waals surface area (Å²) in [7, 11) is -3.66. The molecule has 1 aromatic heterocycles. The molecule has 1 amide bonds. The molecule has 150 valence electrons. The predicted octanol–water partition coefficient (Wildman–Crippen LogP) is 2.44. The van der Waals surface area contributed by atoms with Crippen molar-refractivity contribution in [3.8, 4) is 0 Å². The lowest BCUT2D eigenvalue weighted by atomic mass is 10.1. The van der Waals surface area contributed by atoms with Crippen molar-refractivity contribution in [2.24, 2.45) is 0 Å². The normalized spacial score (nSPS) is 15.6. The molecule has 0 saturated carbocycles. The molecule has 1 aliphatic heterocycles. The number of nitrogens with zero attached hydrogens (tertiary/aromatic N) is 2. The molecule has 1 aliphatic rings. The molecule has 9 heteroatoms. The van der Waals surface area contributed by atoms with Crippen LogP contribution in [0.1, 0.15) is 10.4 Å². The third kappa shape index (κ3) is 3.73. The molecule has 0 spiro atoms. The number of piperazine rings is 1. The Kier molecular flexibility index (Phi) is 5.28. The van der Waals surface area contributed by atoms with Crippen LogP contribution in [0.15, 0.2) is 68.8 Å². The number of rotatable bonds is 3. The second-order valence-electron chi connectivity index (χ2n) is 6.73. The maximum Gasteiger partial charge on any atom is 0.261 e. The first-order valence-electron chi connectivity index (χ1n) is 9.04. The van der Waals surface area contributed by atoms with Crippen LogP contribution in [0.3, 0.4) is 0 Å². The summed E-state index contributed by atoms with van der Waals surface area (Å²) in [6.45, 7) is 0.769. The number of carbonyl (C=O) groups is 1. The van der Waals surface area contributed by atoms with E-state index in [0.29, 0.717) is 9.99 Å². The van der Waals surface area contributed by atoms with Gasteiger partial charge in [0.1, 0.15) is 5.56 Å². The average molecular weight is 476 g/mol. The van der Waals surface area contributed by atoms with Crippen molar-refractivity contribution >= 4 is 42.8 Å². The van der Waals surface area contributed by atoms with Crippen LogP contribution in [0.5, 0.6) is 0 Å². The Morgan fingerprint density at radius 2 is 1.62 bits per heavy atom. The van der Waals surface area contributed by atoms with Gasteiger partial charge in [-0.15, -0.1) is 0 Å². The highest BCUT2D eigenvalue weighted by Crippen LogP contribution is 2.25. The van der Waals surface area contributed by atoms with Crippen LogP contribution in [0.25, 0.3) is 10.9 Å². The van der Waals surface area contributed by atoms with E-state index in [9.17, 15) is 18.0 Å². The molecule has 1 N–H and O–H groups in total. The standard InChI is InChI=1S/C20H18BrN3O4S/c21-16-6-2-4-8-18(16)29(27,28)24-11-9-23(10-12-24)20(26)15-13-14-5-1-3-7-17(14)22-19(15)25/h1-8,13H,9-12H2,(H,22,25). The summed E-state index contributed by atoms with van der Waals surface area (Å²) in [6, 6.07) is 15.5. The van der Waals surface area contributed by atoms with Crippen LogP contribution in [-0.2, 0) is 10.0 Å². The van der Waals surface area contributed by atoms with E-state index >= 15 is 0 Å². The number of benzene rings is 2. The van der Waals surface area contributed by atoms with E-state index in [1.165, 1.54) is 9.21 Å². The molecule has 3 aromatic rings. The number of pyridine rings is 1. The van der Waals surface area contributed by atoms with Crippen LogP contribution >= 0.6 is 15.9 Å². The fourth-order valence-electron chi connectivity index (χ4n) is 3.40. The molecular formula is C20H18BrN3O4S. The Morgan fingerprint density at radius 1 is 0.966 bits per heavy atom. The van der Waals surface area contributed by atoms with E-state index in [0.717, 1.165) is 5.39 Å². The molecule has 0 aliphatic carbocycles. The number of fused-ring (bicyclic) bond motifs is 1. The molecule has 0 bridgehead atoms. The first-order chi connectivity index (χ1) is 13.9. The van der Waals surface area contributed by atoms with E-state index in [1.54, 1.807) is 36.4 Å². The van der Waals surface area contributed by atoms with Gasteiger partial charge in [0, 0.05) is 36.2 Å². The van der Waals surface area contributed by atoms with Crippen molar-refractivity contribution < 1.29 is 13.2 Å². The lowest BCUT2D eigenvalue weighted by Gasteiger charge is -2.34. The minimum Gasteiger partial charge on any atom is -0.336 e. The quantitative estimate of drug-likeness (QED) is 0.629. The summed E-state index contributed by atoms with van der Waals surface area (Å²) in [5, 5.41) is 0.769. The molecule has 1 saturated heterocycles. The van der Waals surface area contributed by atoms with Gasteiger partial charge in [0.15, 0.2) is 0 Å². The zero-order valence-corrected chi connectivity index (χ0v) is 17.7. The number of sulfonamides is 1. The van der Waals surface area contributed by atoms with E-state index in [1.807, 2.05) is 18.2 Å². The number of amides is 1. The SMILES string of the molecule is O=C(c1cc2ccccc2[nH]c1=O)N1CCN(S(=O)(=O)c2ccccc2Br)CC1. The molecule has 2 aromatic carbocycles. The number of halogens is 1. The van der Waals surface area contributed by atoms with Gasteiger partial charge in [-0.05, 0) is 45.6 Å². The van der Waals surface area contributed by atoms with Gasteiger partial charge in [-0.1, -0.05) is 30.3 Å². The number of aromatic nitrogens is 1. The highest BCUT2D eigenvalue weighted by molar-refractivity contribution is 9.10. The van der Waals surface area contributed by atoms with E-state index in [4.69, 9.17) is 0 Å². The molecule has 0 radical (unpaired) electrons. The van der Waals surface area contributed by atoms with E-state index in [2.05, 4.69) is 20.9 Å². The van der Waals surface area contributed by atoms with Gasteiger partial charge < -0.3 is 9.88 Å². The number of hydrogen-bond acceptors (Lipinski definition) is 4. The van der Waals surface area contributed by atoms with Crippen molar-refractivity contribution in [1.82, 2.24) is 14.2 Å². The fourth-order valence-corrected chi connectivity index (χ4v) is 5.79. The van der Waals surface area contributed by atoms with Crippen molar-refractivity contribution in [3.63, 3.8) is 0 Å². The van der Waals surface area contributed by atoms with Gasteiger partial charge in [0.2, 0.25) is 10.0 Å². The molecule has 2 heterocycles. The van der Waals surface area contributed by atoms with Gasteiger partial charge in [0.05, 0.1) is 4.90 Å². The second-order valence-corrected chi connectivity index (χ2v) is 9.49. The molecule has 7 nitrogen and oxygen atoms in total. The number of hydrogen-bond donors (Lipinski definition) is 1. The summed E-state index contributed by atoms with van der Waals surface area (Å²) in [6.07, 6.45) is 0. The highest BCUT2D eigenvalue weighted by atomic mass is 79.9. The minimum absolute atomic E-state index is 0.0609. The summed E-state index contributed by atoms with van der Waals surface area (Å²) in [5.74, 6) is -0.394. The van der Waals surface area contributed by atoms with Crippen LogP contribution in [0.4, 0.5) is 0 Å². The number of carbonyl (C=O) groups excluding carboxylic acids is 1. The smallest absolute Gasteiger partial charge is 0.261 e. The predicted molar refractivity (Wildman–Crippen MR) is 113 cm³/mol. The Hall–Kier alpha value is -2.49. The Balaban J connectivity index is 1.53. The topological polar surface area (TPSA) is 90.6 Å². The van der Waals surface area contributed by atoms with Gasteiger partial charge in [0.25, 0.3) is 11.5 Å². The second kappa shape index (κ2) is 7.74. The Labute approximate surface area is 176 Å². The van der Waals surface area contributed by atoms with Crippen LogP contribution in [-0.4, -0.2) is 54.7 Å². The Bertz CT molecular complexity index is 1250. The third-order valence-corrected chi connectivity index (χ3v) is 7.87. The van der Waals surface area contributed by atoms with Crippen molar-refractivity contribution in [2.75, 3.05) is 26.2 Å². The molecular weight excluding hydrogens is 458 g/mol. The molecule has 1 fully saturated rings. The summed E-state index contributed by atoms with van der Waals surface area (Å²) in [5.41, 5.74) is 0.279. The molecule has 0 unspecified atom stereocenters. The van der Waals surface area contributed by atoms with Gasteiger partial charge >= 0.3 is 0 Å². The minimum atomic E-state index is -3.66. The zero-order chi connectivity index (χ0) is 20.6. The fraction of sp³-hybridized carbons (Fsp3) is 0.200. The number of para-hydroxylation sites is 1. The number of nitrogens with one attached hydrogen (secondary N) is 1.